The highest BCUT2D eigenvalue weighted by molar-refractivity contribution is 5.15. The average molecular weight is 613 g/mol. The van der Waals surface area contributed by atoms with Gasteiger partial charge in [-0.1, -0.05) is 91.0 Å². The van der Waals surface area contributed by atoms with E-state index >= 15 is 0 Å². The first-order valence-electron chi connectivity index (χ1n) is 14.7. The molecule has 238 valence electrons. The first-order valence-corrected chi connectivity index (χ1v) is 14.7. The average Bonchev–Trinajstić information content (AvgIpc) is 3.06. The van der Waals surface area contributed by atoms with Crippen molar-refractivity contribution in [3.8, 4) is 0 Å². The van der Waals surface area contributed by atoms with Crippen molar-refractivity contribution in [3.05, 3.63) is 108 Å². The summed E-state index contributed by atoms with van der Waals surface area (Å²) in [6, 6.07) is 28.0. The molecule has 2 saturated heterocycles. The molecule has 44 heavy (non-hydrogen) atoms. The Morgan fingerprint density at radius 3 is 1.43 bits per heavy atom. The zero-order valence-electron chi connectivity index (χ0n) is 24.2. The summed E-state index contributed by atoms with van der Waals surface area (Å²) in [5.74, 6) is 0. The molecule has 0 radical (unpaired) electrons. The Labute approximate surface area is 256 Å². The summed E-state index contributed by atoms with van der Waals surface area (Å²) in [5.41, 5.74) is 2.50. The van der Waals surface area contributed by atoms with Crippen LogP contribution < -0.4 is 0 Å². The fourth-order valence-electron chi connectivity index (χ4n) is 5.37. The highest BCUT2D eigenvalue weighted by Crippen LogP contribution is 2.33. The third-order valence-electron chi connectivity index (χ3n) is 7.76. The summed E-state index contributed by atoms with van der Waals surface area (Å²) >= 11 is 0. The van der Waals surface area contributed by atoms with Crippen molar-refractivity contribution >= 4 is 0 Å². The van der Waals surface area contributed by atoms with Crippen LogP contribution >= 0.6 is 0 Å². The molecule has 2 fully saturated rings. The van der Waals surface area contributed by atoms with Gasteiger partial charge in [0, 0.05) is 0 Å². The van der Waals surface area contributed by atoms with Crippen molar-refractivity contribution in [2.24, 2.45) is 0 Å². The van der Waals surface area contributed by atoms with Gasteiger partial charge >= 0.3 is 0 Å². The number of aliphatic hydroxyl groups excluding tert-OH is 5. The molecule has 0 bridgehead atoms. The first kappa shape index (κ1) is 32.6. The van der Waals surface area contributed by atoms with E-state index in [4.69, 9.17) is 28.4 Å². The molecule has 5 rings (SSSR count). The molecule has 3 aromatic rings. The lowest BCUT2D eigenvalue weighted by Gasteiger charge is -2.48. The van der Waals surface area contributed by atoms with Crippen molar-refractivity contribution in [3.63, 3.8) is 0 Å². The molecule has 2 aliphatic rings. The second-order valence-corrected chi connectivity index (χ2v) is 10.8. The van der Waals surface area contributed by atoms with E-state index in [2.05, 4.69) is 0 Å². The van der Waals surface area contributed by atoms with E-state index in [0.29, 0.717) is 0 Å². The van der Waals surface area contributed by atoms with E-state index in [1.54, 1.807) is 0 Å². The van der Waals surface area contributed by atoms with E-state index in [1.807, 2.05) is 91.0 Å². The first-order chi connectivity index (χ1) is 21.5. The fourth-order valence-corrected chi connectivity index (χ4v) is 5.37. The molecule has 0 saturated carbocycles. The maximum Gasteiger partial charge on any atom is 0.187 e. The summed E-state index contributed by atoms with van der Waals surface area (Å²) in [5, 5.41) is 53.0. The molecule has 0 aromatic heterocycles. The van der Waals surface area contributed by atoms with Gasteiger partial charge in [-0.25, -0.2) is 0 Å². The molecule has 3 aromatic carbocycles. The van der Waals surface area contributed by atoms with E-state index < -0.39 is 74.6 Å². The number of hydrogen-bond donors (Lipinski definition) is 5. The van der Waals surface area contributed by atoms with Crippen molar-refractivity contribution in [2.45, 2.75) is 81.2 Å². The normalized spacial score (nSPS) is 32.4. The molecule has 10 atom stereocenters. The summed E-state index contributed by atoms with van der Waals surface area (Å²) in [6.45, 7) is -0.795. The van der Waals surface area contributed by atoms with Crippen molar-refractivity contribution in [2.75, 3.05) is 13.2 Å². The maximum atomic E-state index is 11.1. The van der Waals surface area contributed by atoms with Gasteiger partial charge in [-0.2, -0.15) is 0 Å². The smallest absolute Gasteiger partial charge is 0.187 e. The lowest BCUT2D eigenvalue weighted by atomic mass is 9.96. The topological polar surface area (TPSA) is 157 Å². The van der Waals surface area contributed by atoms with Gasteiger partial charge in [-0.15, -0.1) is 0 Å². The van der Waals surface area contributed by atoms with Crippen molar-refractivity contribution in [1.82, 2.24) is 0 Å². The second kappa shape index (κ2) is 16.0. The van der Waals surface area contributed by atoms with Gasteiger partial charge in [0.2, 0.25) is 0 Å². The van der Waals surface area contributed by atoms with Gasteiger partial charge in [0.15, 0.2) is 12.6 Å². The van der Waals surface area contributed by atoms with Gasteiger partial charge in [0.25, 0.3) is 0 Å². The third-order valence-corrected chi connectivity index (χ3v) is 7.76. The summed E-state index contributed by atoms with van der Waals surface area (Å²) in [4.78, 5) is 0. The number of benzene rings is 3. The molecule has 0 spiro atoms. The number of ether oxygens (including phenoxy) is 6. The molecule has 0 aliphatic carbocycles. The predicted octanol–water partition coefficient (Wildman–Crippen LogP) is 1.28. The predicted molar refractivity (Wildman–Crippen MR) is 156 cm³/mol. The van der Waals surface area contributed by atoms with Crippen LogP contribution in [0.1, 0.15) is 16.7 Å². The Kier molecular flexibility index (Phi) is 11.8. The van der Waals surface area contributed by atoms with E-state index in [-0.39, 0.29) is 19.8 Å². The highest BCUT2D eigenvalue weighted by atomic mass is 16.7. The number of rotatable bonds is 13. The van der Waals surface area contributed by atoms with Crippen LogP contribution in [-0.2, 0) is 48.2 Å². The lowest BCUT2D eigenvalue weighted by molar-refractivity contribution is -0.369. The minimum Gasteiger partial charge on any atom is -0.394 e. The van der Waals surface area contributed by atoms with Gasteiger partial charge in [-0.3, -0.25) is 0 Å². The standard InChI is InChI=1S/C33H40O11/c34-16-24-26(36)27(37)29(40-19-22-12-6-2-7-13-22)33(43-24)44-30-28(39-18-21-10-4-1-5-11-21)25(17-35)42-32(38)31(30)41-20-23-14-8-3-9-15-23/h1-15,24-38H,16-20H2/t24-,25-,26-,27+,28-,29-,30+,31-,32+,33-/m1/s1. The largest absolute Gasteiger partial charge is 0.394 e. The zero-order valence-corrected chi connectivity index (χ0v) is 24.2. The molecule has 0 unspecified atom stereocenters. The van der Waals surface area contributed by atoms with Crippen LogP contribution in [0, 0.1) is 0 Å². The summed E-state index contributed by atoms with van der Waals surface area (Å²) in [7, 11) is 0. The molecular weight excluding hydrogens is 572 g/mol. The van der Waals surface area contributed by atoms with Crippen LogP contribution in [0.15, 0.2) is 91.0 Å². The van der Waals surface area contributed by atoms with Crippen LogP contribution in [0.4, 0.5) is 0 Å². The summed E-state index contributed by atoms with van der Waals surface area (Å²) in [6.07, 6.45) is -12.4. The van der Waals surface area contributed by atoms with E-state index in [1.165, 1.54) is 0 Å². The van der Waals surface area contributed by atoms with Crippen LogP contribution in [0.2, 0.25) is 0 Å². The molecule has 11 nitrogen and oxygen atoms in total. The summed E-state index contributed by atoms with van der Waals surface area (Å²) < 4.78 is 36.6. The monoisotopic (exact) mass is 612 g/mol. The molecule has 2 heterocycles. The highest BCUT2D eigenvalue weighted by Gasteiger charge is 2.52. The molecule has 0 amide bonds. The SMILES string of the molecule is OC[C@H]1O[C@H](O[C@@H]2[C@@H](OCc3ccccc3)[C@@H](O)O[C@H](CO)[C@H]2OCc2ccccc2)[C@H](OCc2ccccc2)[C@@H](O)[C@@H]1O. The number of aliphatic hydroxyl groups is 5. The Bertz CT molecular complexity index is 1230. The minimum absolute atomic E-state index is 0.0693. The van der Waals surface area contributed by atoms with Crippen molar-refractivity contribution < 1.29 is 54.0 Å². The zero-order chi connectivity index (χ0) is 30.9. The van der Waals surface area contributed by atoms with Crippen LogP contribution in [-0.4, -0.2) is 100 Å². The van der Waals surface area contributed by atoms with Gasteiger partial charge in [-0.05, 0) is 16.7 Å². The molecule has 2 aliphatic heterocycles. The van der Waals surface area contributed by atoms with Gasteiger partial charge in [0.05, 0.1) is 33.0 Å². The Hall–Kier alpha value is -2.78. The Morgan fingerprint density at radius 1 is 0.500 bits per heavy atom. The minimum atomic E-state index is -1.52. The third kappa shape index (κ3) is 8.08. The fraction of sp³-hybridized carbons (Fsp3) is 0.455. The molecule has 5 N–H and O–H groups in total. The van der Waals surface area contributed by atoms with E-state index in [9.17, 15) is 25.5 Å². The number of hydrogen-bond acceptors (Lipinski definition) is 11. The van der Waals surface area contributed by atoms with Crippen LogP contribution in [0.5, 0.6) is 0 Å². The molecular formula is C33H40O11. The quantitative estimate of drug-likeness (QED) is 0.190. The Morgan fingerprint density at radius 2 is 0.955 bits per heavy atom. The lowest BCUT2D eigenvalue weighted by Crippen LogP contribution is -2.65. The maximum absolute atomic E-state index is 11.1. The van der Waals surface area contributed by atoms with Crippen LogP contribution in [0.25, 0.3) is 0 Å². The Balaban J connectivity index is 1.43. The molecule has 11 heteroatoms. The second-order valence-electron chi connectivity index (χ2n) is 10.8. The van der Waals surface area contributed by atoms with Crippen molar-refractivity contribution in [1.29, 1.82) is 0 Å². The van der Waals surface area contributed by atoms with E-state index in [0.717, 1.165) is 16.7 Å². The van der Waals surface area contributed by atoms with Gasteiger partial charge < -0.3 is 54.0 Å². The van der Waals surface area contributed by atoms with Gasteiger partial charge in [0.1, 0.15) is 48.8 Å². The van der Waals surface area contributed by atoms with Crippen LogP contribution in [0.3, 0.4) is 0 Å².